The van der Waals surface area contributed by atoms with Crippen LogP contribution in [0.25, 0.3) is 17.4 Å². The van der Waals surface area contributed by atoms with Gasteiger partial charge in [-0.2, -0.15) is 0 Å². The Morgan fingerprint density at radius 3 is 2.37 bits per heavy atom. The molecule has 4 aromatic rings. The molecule has 11 heteroatoms. The Morgan fingerprint density at radius 2 is 1.70 bits per heavy atom. The molecule has 222 valence electrons. The van der Waals surface area contributed by atoms with Crippen LogP contribution in [0.15, 0.2) is 80.1 Å². The number of fused-ring (bicyclic) bond motifs is 1. The Balaban J connectivity index is 1.60. The summed E-state index contributed by atoms with van der Waals surface area (Å²) in [7, 11) is 3.06. The molecule has 1 unspecified atom stereocenters. The molecule has 43 heavy (non-hydrogen) atoms. The Morgan fingerprint density at radius 1 is 0.977 bits per heavy atom. The molecule has 0 saturated heterocycles. The number of esters is 2. The molecule has 0 N–H and O–H groups in total. The average molecular weight is 603 g/mol. The maximum Gasteiger partial charge on any atom is 0.338 e. The topological polar surface area (TPSA) is 119 Å². The average Bonchev–Trinajstić information content (AvgIpc) is 3.60. The van der Waals surface area contributed by atoms with Gasteiger partial charge in [-0.3, -0.25) is 9.36 Å². The van der Waals surface area contributed by atoms with Crippen LogP contribution in [0.3, 0.4) is 0 Å². The van der Waals surface area contributed by atoms with Gasteiger partial charge < -0.3 is 23.4 Å². The predicted molar refractivity (Wildman–Crippen MR) is 160 cm³/mol. The summed E-state index contributed by atoms with van der Waals surface area (Å²) in [5.41, 5.74) is 2.07. The van der Waals surface area contributed by atoms with Gasteiger partial charge in [0.1, 0.15) is 29.1 Å². The lowest BCUT2D eigenvalue weighted by molar-refractivity contribution is -0.139. The van der Waals surface area contributed by atoms with E-state index < -0.39 is 18.0 Å². The summed E-state index contributed by atoms with van der Waals surface area (Å²) in [5.74, 6) is 1.06. The Hall–Kier alpha value is -4.90. The molecule has 1 atom stereocenters. The van der Waals surface area contributed by atoms with E-state index in [4.69, 9.17) is 23.4 Å². The van der Waals surface area contributed by atoms with Crippen molar-refractivity contribution >= 4 is 29.4 Å². The third-order valence-corrected chi connectivity index (χ3v) is 7.81. The smallest absolute Gasteiger partial charge is 0.338 e. The number of allylic oxidation sites excluding steroid dienone is 1. The molecule has 10 nitrogen and oxygen atoms in total. The first kappa shape index (κ1) is 29.6. The number of rotatable bonds is 9. The number of aromatic nitrogens is 1. The second-order valence-corrected chi connectivity index (χ2v) is 10.4. The number of benzene rings is 2. The van der Waals surface area contributed by atoms with Crippen LogP contribution in [0.1, 0.15) is 48.5 Å². The van der Waals surface area contributed by atoms with Crippen molar-refractivity contribution in [3.05, 3.63) is 102 Å². The molecule has 0 amide bonds. The first-order chi connectivity index (χ1) is 20.8. The molecule has 0 bridgehead atoms. The van der Waals surface area contributed by atoms with Gasteiger partial charge in [-0.05, 0) is 63.2 Å². The Bertz CT molecular complexity index is 1900. The number of hydrogen-bond donors (Lipinski definition) is 0. The van der Waals surface area contributed by atoms with Crippen LogP contribution in [0.2, 0.25) is 0 Å². The second kappa shape index (κ2) is 12.5. The second-order valence-electron chi connectivity index (χ2n) is 9.41. The number of furan rings is 1. The van der Waals surface area contributed by atoms with Crippen LogP contribution in [0.5, 0.6) is 11.5 Å². The summed E-state index contributed by atoms with van der Waals surface area (Å²) in [5, 5.41) is 0. The number of methoxy groups -OCH3 is 2. The minimum Gasteiger partial charge on any atom is -0.497 e. The Labute approximate surface area is 251 Å². The van der Waals surface area contributed by atoms with E-state index >= 15 is 0 Å². The van der Waals surface area contributed by atoms with E-state index in [1.165, 1.54) is 30.1 Å². The molecular weight excluding hydrogens is 572 g/mol. The SMILES string of the molecule is CCOC(=O)C1=C(C)N=c2s/c(=C/c3ccc(-c4ccc(C(=O)OCC)cc4)o3)c(=O)n2C1c1cc(OC)ccc1OC. The van der Waals surface area contributed by atoms with Crippen LogP contribution in [0, 0.1) is 0 Å². The fourth-order valence-electron chi connectivity index (χ4n) is 4.84. The predicted octanol–water partition coefficient (Wildman–Crippen LogP) is 4.25. The summed E-state index contributed by atoms with van der Waals surface area (Å²) in [4.78, 5) is 44.2. The van der Waals surface area contributed by atoms with Crippen LogP contribution in [-0.4, -0.2) is 43.9 Å². The molecule has 0 radical (unpaired) electrons. The standard InChI is InChI=1S/C32H30N2O8S/c1-6-40-30(36)20-10-8-19(9-11-20)24-14-13-22(42-24)17-26-29(35)34-28(23-16-21(38-4)12-15-25(23)39-5)27(31(37)41-7-2)18(3)33-32(34)43-26/h8-17,28H,6-7H2,1-5H3/b26-17+. The van der Waals surface area contributed by atoms with Gasteiger partial charge in [-0.1, -0.05) is 23.5 Å². The van der Waals surface area contributed by atoms with E-state index in [2.05, 4.69) is 4.99 Å². The van der Waals surface area contributed by atoms with Crippen molar-refractivity contribution in [1.29, 1.82) is 0 Å². The molecule has 3 heterocycles. The van der Waals surface area contributed by atoms with Crippen LogP contribution in [0.4, 0.5) is 0 Å². The van der Waals surface area contributed by atoms with Crippen molar-refractivity contribution in [3.8, 4) is 22.8 Å². The van der Waals surface area contributed by atoms with Gasteiger partial charge in [0.15, 0.2) is 4.80 Å². The van der Waals surface area contributed by atoms with Crippen LogP contribution in [-0.2, 0) is 14.3 Å². The molecule has 2 aromatic carbocycles. The molecule has 0 aliphatic carbocycles. The van der Waals surface area contributed by atoms with Gasteiger partial charge >= 0.3 is 11.9 Å². The van der Waals surface area contributed by atoms with Gasteiger partial charge in [-0.25, -0.2) is 14.6 Å². The molecule has 0 fully saturated rings. The zero-order valence-electron chi connectivity index (χ0n) is 24.3. The lowest BCUT2D eigenvalue weighted by Crippen LogP contribution is -2.40. The quantitative estimate of drug-likeness (QED) is 0.261. The lowest BCUT2D eigenvalue weighted by atomic mass is 9.95. The fourth-order valence-corrected chi connectivity index (χ4v) is 5.87. The number of ether oxygens (including phenoxy) is 4. The highest BCUT2D eigenvalue weighted by atomic mass is 32.1. The molecule has 1 aliphatic rings. The van der Waals surface area contributed by atoms with Crippen molar-refractivity contribution in [2.24, 2.45) is 4.99 Å². The number of thiazole rings is 1. The van der Waals surface area contributed by atoms with Crippen molar-refractivity contribution in [2.45, 2.75) is 26.8 Å². The van der Waals surface area contributed by atoms with Crippen molar-refractivity contribution < 1.29 is 33.0 Å². The van der Waals surface area contributed by atoms with Crippen molar-refractivity contribution in [3.63, 3.8) is 0 Å². The van der Waals surface area contributed by atoms with E-state index in [0.717, 1.165) is 5.56 Å². The van der Waals surface area contributed by atoms with E-state index in [9.17, 15) is 14.4 Å². The lowest BCUT2D eigenvalue weighted by Gasteiger charge is -2.26. The number of carbonyl (C=O) groups is 2. The zero-order chi connectivity index (χ0) is 30.7. The summed E-state index contributed by atoms with van der Waals surface area (Å²) < 4.78 is 29.4. The van der Waals surface area contributed by atoms with E-state index in [-0.39, 0.29) is 17.7 Å². The maximum atomic E-state index is 14.0. The molecule has 1 aliphatic heterocycles. The third-order valence-electron chi connectivity index (χ3n) is 6.83. The normalized spacial score (nSPS) is 14.6. The minimum absolute atomic E-state index is 0.161. The summed E-state index contributed by atoms with van der Waals surface area (Å²) in [6, 6.07) is 14.8. The van der Waals surface area contributed by atoms with Gasteiger partial charge in [0.2, 0.25) is 0 Å². The van der Waals surface area contributed by atoms with E-state index in [0.29, 0.717) is 55.8 Å². The van der Waals surface area contributed by atoms with Gasteiger partial charge in [0, 0.05) is 17.2 Å². The number of carbonyl (C=O) groups excluding carboxylic acids is 2. The summed E-state index contributed by atoms with van der Waals surface area (Å²) in [6.45, 7) is 5.65. The van der Waals surface area contributed by atoms with E-state index in [1.54, 1.807) is 81.4 Å². The van der Waals surface area contributed by atoms with Crippen molar-refractivity contribution in [1.82, 2.24) is 4.57 Å². The monoisotopic (exact) mass is 602 g/mol. The number of nitrogens with zero attached hydrogens (tertiary/aromatic N) is 2. The molecular formula is C32H30N2O8S. The molecule has 5 rings (SSSR count). The first-order valence-electron chi connectivity index (χ1n) is 13.6. The van der Waals surface area contributed by atoms with Gasteiger partial charge in [0.25, 0.3) is 5.56 Å². The summed E-state index contributed by atoms with van der Waals surface area (Å²) >= 11 is 1.18. The van der Waals surface area contributed by atoms with Gasteiger partial charge in [0.05, 0.1) is 48.8 Å². The highest BCUT2D eigenvalue weighted by Crippen LogP contribution is 2.37. The zero-order valence-corrected chi connectivity index (χ0v) is 25.2. The summed E-state index contributed by atoms with van der Waals surface area (Å²) in [6.07, 6.45) is 1.64. The van der Waals surface area contributed by atoms with Gasteiger partial charge in [-0.15, -0.1) is 0 Å². The number of hydrogen-bond acceptors (Lipinski definition) is 10. The van der Waals surface area contributed by atoms with E-state index in [1.807, 2.05) is 0 Å². The van der Waals surface area contributed by atoms with Crippen LogP contribution < -0.4 is 24.4 Å². The maximum absolute atomic E-state index is 14.0. The molecule has 0 saturated carbocycles. The van der Waals surface area contributed by atoms with Crippen molar-refractivity contribution in [2.75, 3.05) is 27.4 Å². The largest absolute Gasteiger partial charge is 0.497 e. The highest BCUT2D eigenvalue weighted by Gasteiger charge is 2.35. The highest BCUT2D eigenvalue weighted by molar-refractivity contribution is 7.07. The fraction of sp³-hybridized carbons (Fsp3) is 0.250. The first-order valence-corrected chi connectivity index (χ1v) is 14.4. The Kier molecular flexibility index (Phi) is 8.63. The molecule has 2 aromatic heterocycles. The minimum atomic E-state index is -0.868. The molecule has 0 spiro atoms. The van der Waals surface area contributed by atoms with Crippen LogP contribution >= 0.6 is 11.3 Å². The third kappa shape index (κ3) is 5.76.